The molecule has 2 saturated heterocycles. The summed E-state index contributed by atoms with van der Waals surface area (Å²) in [6.07, 6.45) is 0.774. The van der Waals surface area contributed by atoms with Crippen LogP contribution in [0.5, 0.6) is 0 Å². The summed E-state index contributed by atoms with van der Waals surface area (Å²) >= 11 is 0. The van der Waals surface area contributed by atoms with Gasteiger partial charge in [0, 0.05) is 58.4 Å². The molecule has 2 unspecified atom stereocenters. The Labute approximate surface area is 163 Å². The summed E-state index contributed by atoms with van der Waals surface area (Å²) in [7, 11) is 0. The number of aliphatic hydroxyl groups is 1. The summed E-state index contributed by atoms with van der Waals surface area (Å²) in [5.41, 5.74) is 2.78. The number of nitrogens with zero attached hydrogens (tertiary/aromatic N) is 3. The summed E-state index contributed by atoms with van der Waals surface area (Å²) in [5.74, 6) is 0. The lowest BCUT2D eigenvalue weighted by Gasteiger charge is -2.43. The summed E-state index contributed by atoms with van der Waals surface area (Å²) in [4.78, 5) is 7.68. The van der Waals surface area contributed by atoms with Crippen LogP contribution in [0.3, 0.4) is 0 Å². The van der Waals surface area contributed by atoms with Crippen molar-refractivity contribution >= 4 is 0 Å². The highest BCUT2D eigenvalue weighted by atomic mass is 16.3. The van der Waals surface area contributed by atoms with Crippen molar-refractivity contribution in [2.45, 2.75) is 31.7 Å². The van der Waals surface area contributed by atoms with E-state index in [-0.39, 0.29) is 6.10 Å². The van der Waals surface area contributed by atoms with E-state index in [1.165, 1.54) is 11.1 Å². The predicted molar refractivity (Wildman–Crippen MR) is 109 cm³/mol. The average molecular weight is 366 g/mol. The Morgan fingerprint density at radius 2 is 1.41 bits per heavy atom. The van der Waals surface area contributed by atoms with Gasteiger partial charge in [-0.2, -0.15) is 0 Å². The molecule has 4 heteroatoms. The lowest BCUT2D eigenvalue weighted by atomic mass is 10.1. The standard InChI is InChI=1S/C23H31N3O/c27-23-11-12-24(19-23)17-22-18-25(15-20-7-3-1-4-8-20)13-14-26(22)16-21-9-5-2-6-10-21/h1-10,22-23,27H,11-19H2. The number of piperazine rings is 1. The fraction of sp³-hybridized carbons (Fsp3) is 0.478. The highest BCUT2D eigenvalue weighted by molar-refractivity contribution is 5.16. The van der Waals surface area contributed by atoms with Crippen LogP contribution in [-0.4, -0.2) is 71.2 Å². The topological polar surface area (TPSA) is 30.0 Å². The van der Waals surface area contributed by atoms with Crippen molar-refractivity contribution in [3.63, 3.8) is 0 Å². The van der Waals surface area contributed by atoms with Crippen LogP contribution in [0, 0.1) is 0 Å². The van der Waals surface area contributed by atoms with Crippen LogP contribution in [0.2, 0.25) is 0 Å². The van der Waals surface area contributed by atoms with Gasteiger partial charge in [0.1, 0.15) is 0 Å². The van der Waals surface area contributed by atoms with Crippen LogP contribution >= 0.6 is 0 Å². The molecule has 2 aromatic carbocycles. The van der Waals surface area contributed by atoms with Gasteiger partial charge in [-0.15, -0.1) is 0 Å². The molecular formula is C23H31N3O. The van der Waals surface area contributed by atoms with E-state index >= 15 is 0 Å². The first-order chi connectivity index (χ1) is 13.3. The second-order valence-electron chi connectivity index (χ2n) is 8.03. The third-order valence-corrected chi connectivity index (χ3v) is 5.88. The molecule has 1 N–H and O–H groups in total. The molecule has 0 saturated carbocycles. The molecule has 2 aromatic rings. The van der Waals surface area contributed by atoms with Crippen LogP contribution in [0.1, 0.15) is 17.5 Å². The summed E-state index contributed by atoms with van der Waals surface area (Å²) in [6, 6.07) is 22.1. The summed E-state index contributed by atoms with van der Waals surface area (Å²) in [6.45, 7) is 8.25. The highest BCUT2D eigenvalue weighted by Crippen LogP contribution is 2.19. The Morgan fingerprint density at radius 3 is 2.04 bits per heavy atom. The maximum absolute atomic E-state index is 9.91. The Hall–Kier alpha value is -1.72. The molecule has 4 nitrogen and oxygen atoms in total. The van der Waals surface area contributed by atoms with E-state index in [2.05, 4.69) is 75.4 Å². The maximum Gasteiger partial charge on any atom is 0.0679 e. The van der Waals surface area contributed by atoms with E-state index in [4.69, 9.17) is 0 Å². The second-order valence-corrected chi connectivity index (χ2v) is 8.03. The number of hydrogen-bond acceptors (Lipinski definition) is 4. The lowest BCUT2D eigenvalue weighted by molar-refractivity contribution is 0.0436. The van der Waals surface area contributed by atoms with Gasteiger partial charge in [-0.25, -0.2) is 0 Å². The molecule has 0 spiro atoms. The van der Waals surface area contributed by atoms with Crippen LogP contribution in [0.25, 0.3) is 0 Å². The van der Waals surface area contributed by atoms with Crippen molar-refractivity contribution in [1.82, 2.24) is 14.7 Å². The Morgan fingerprint density at radius 1 is 0.741 bits per heavy atom. The quantitative estimate of drug-likeness (QED) is 0.852. The Kier molecular flexibility index (Phi) is 6.20. The smallest absolute Gasteiger partial charge is 0.0679 e. The lowest BCUT2D eigenvalue weighted by Crippen LogP contribution is -2.56. The van der Waals surface area contributed by atoms with Crippen molar-refractivity contribution in [3.8, 4) is 0 Å². The molecule has 0 aromatic heterocycles. The Bertz CT molecular complexity index is 693. The number of β-amino-alcohol motifs (C(OH)–C–C–N with tert-alkyl or cyclic N) is 1. The van der Waals surface area contributed by atoms with Gasteiger partial charge < -0.3 is 5.11 Å². The van der Waals surface area contributed by atoms with Gasteiger partial charge in [-0.3, -0.25) is 14.7 Å². The minimum Gasteiger partial charge on any atom is -0.392 e. The molecular weight excluding hydrogens is 334 g/mol. The SMILES string of the molecule is OC1CCN(CC2CN(Cc3ccccc3)CCN2Cc2ccccc2)C1. The fourth-order valence-corrected chi connectivity index (χ4v) is 4.42. The number of aliphatic hydroxyl groups excluding tert-OH is 1. The van der Waals surface area contributed by atoms with Crippen molar-refractivity contribution in [3.05, 3.63) is 71.8 Å². The van der Waals surface area contributed by atoms with E-state index in [1.54, 1.807) is 0 Å². The van der Waals surface area contributed by atoms with Gasteiger partial charge in [0.2, 0.25) is 0 Å². The van der Waals surface area contributed by atoms with Crippen LogP contribution in [-0.2, 0) is 13.1 Å². The molecule has 4 rings (SSSR count). The number of likely N-dealkylation sites (tertiary alicyclic amines) is 1. The molecule has 0 aliphatic carbocycles. The minimum atomic E-state index is -0.142. The van der Waals surface area contributed by atoms with Gasteiger partial charge in [0.25, 0.3) is 0 Å². The highest BCUT2D eigenvalue weighted by Gasteiger charge is 2.30. The molecule has 0 radical (unpaired) electrons. The summed E-state index contributed by atoms with van der Waals surface area (Å²) < 4.78 is 0. The monoisotopic (exact) mass is 365 g/mol. The largest absolute Gasteiger partial charge is 0.392 e. The Balaban J connectivity index is 1.42. The van der Waals surface area contributed by atoms with E-state index in [0.717, 1.165) is 58.8 Å². The molecule has 2 atom stereocenters. The fourth-order valence-electron chi connectivity index (χ4n) is 4.42. The number of hydrogen-bond donors (Lipinski definition) is 1. The molecule has 0 amide bonds. The first-order valence-electron chi connectivity index (χ1n) is 10.2. The molecule has 2 aliphatic rings. The molecule has 2 aliphatic heterocycles. The van der Waals surface area contributed by atoms with E-state index in [9.17, 15) is 5.11 Å². The molecule has 0 bridgehead atoms. The molecule has 27 heavy (non-hydrogen) atoms. The van der Waals surface area contributed by atoms with E-state index in [1.807, 2.05) is 0 Å². The van der Waals surface area contributed by atoms with Crippen molar-refractivity contribution in [2.24, 2.45) is 0 Å². The van der Waals surface area contributed by atoms with Crippen molar-refractivity contribution in [1.29, 1.82) is 0 Å². The van der Waals surface area contributed by atoms with Gasteiger partial charge >= 0.3 is 0 Å². The second kappa shape index (κ2) is 8.98. The summed E-state index contributed by atoms with van der Waals surface area (Å²) in [5, 5.41) is 9.91. The zero-order chi connectivity index (χ0) is 18.5. The average Bonchev–Trinajstić information content (AvgIpc) is 3.10. The van der Waals surface area contributed by atoms with Crippen LogP contribution in [0.4, 0.5) is 0 Å². The normalized spacial score (nSPS) is 25.1. The number of rotatable bonds is 6. The minimum absolute atomic E-state index is 0.142. The predicted octanol–water partition coefficient (Wildman–Crippen LogP) is 2.44. The number of benzene rings is 2. The van der Waals surface area contributed by atoms with Gasteiger partial charge in [-0.05, 0) is 17.5 Å². The van der Waals surface area contributed by atoms with Gasteiger partial charge in [0.05, 0.1) is 6.10 Å². The molecule has 2 heterocycles. The maximum atomic E-state index is 9.91. The third-order valence-electron chi connectivity index (χ3n) is 5.88. The van der Waals surface area contributed by atoms with Crippen molar-refractivity contribution < 1.29 is 5.11 Å². The first-order valence-corrected chi connectivity index (χ1v) is 10.2. The van der Waals surface area contributed by atoms with Gasteiger partial charge in [0.15, 0.2) is 0 Å². The molecule has 144 valence electrons. The van der Waals surface area contributed by atoms with E-state index in [0.29, 0.717) is 6.04 Å². The zero-order valence-electron chi connectivity index (χ0n) is 16.1. The molecule has 2 fully saturated rings. The van der Waals surface area contributed by atoms with Crippen LogP contribution < -0.4 is 0 Å². The van der Waals surface area contributed by atoms with Crippen LogP contribution in [0.15, 0.2) is 60.7 Å². The van der Waals surface area contributed by atoms with Crippen molar-refractivity contribution in [2.75, 3.05) is 39.3 Å². The first kappa shape index (κ1) is 18.6. The zero-order valence-corrected chi connectivity index (χ0v) is 16.1. The van der Waals surface area contributed by atoms with Gasteiger partial charge in [-0.1, -0.05) is 60.7 Å². The third kappa shape index (κ3) is 5.17. The van der Waals surface area contributed by atoms with E-state index < -0.39 is 0 Å².